The molecule has 20 heavy (non-hydrogen) atoms. The Morgan fingerprint density at radius 1 is 1.30 bits per heavy atom. The molecule has 0 radical (unpaired) electrons. The second-order valence-corrected chi connectivity index (χ2v) is 7.06. The molecule has 0 heterocycles. The van der Waals surface area contributed by atoms with Crippen molar-refractivity contribution in [3.63, 3.8) is 0 Å². The SMILES string of the molecule is CC(C)N(C)CCNS(=O)(=O)Cc1cccc(CN)c1. The monoisotopic (exact) mass is 299 g/mol. The van der Waals surface area contributed by atoms with Gasteiger partial charge in [0.25, 0.3) is 0 Å². The van der Waals surface area contributed by atoms with Crippen LogP contribution in [0.25, 0.3) is 0 Å². The van der Waals surface area contributed by atoms with E-state index in [1.165, 1.54) is 0 Å². The lowest BCUT2D eigenvalue weighted by atomic mass is 10.1. The van der Waals surface area contributed by atoms with Crippen molar-refractivity contribution < 1.29 is 8.42 Å². The minimum absolute atomic E-state index is 0.00771. The van der Waals surface area contributed by atoms with Crippen molar-refractivity contribution in [1.82, 2.24) is 9.62 Å². The molecule has 0 saturated heterocycles. The predicted octanol–water partition coefficient (Wildman–Crippen LogP) is 0.905. The smallest absolute Gasteiger partial charge is 0.215 e. The summed E-state index contributed by atoms with van der Waals surface area (Å²) in [7, 11) is -1.32. The number of nitrogens with two attached hydrogens (primary N) is 1. The molecule has 3 N–H and O–H groups in total. The molecule has 0 atom stereocenters. The predicted molar refractivity (Wildman–Crippen MR) is 82.7 cm³/mol. The van der Waals surface area contributed by atoms with Gasteiger partial charge in [0.1, 0.15) is 0 Å². The van der Waals surface area contributed by atoms with Crippen molar-refractivity contribution in [2.45, 2.75) is 32.2 Å². The fourth-order valence-corrected chi connectivity index (χ4v) is 2.88. The number of likely N-dealkylation sites (N-methyl/N-ethyl adjacent to an activating group) is 1. The van der Waals surface area contributed by atoms with Gasteiger partial charge in [0.2, 0.25) is 10.0 Å². The lowest BCUT2D eigenvalue weighted by molar-refractivity contribution is 0.278. The summed E-state index contributed by atoms with van der Waals surface area (Å²) < 4.78 is 26.6. The summed E-state index contributed by atoms with van der Waals surface area (Å²) in [5, 5.41) is 0. The van der Waals surface area contributed by atoms with Gasteiger partial charge in [0.05, 0.1) is 5.75 Å². The second kappa shape index (κ2) is 7.73. The van der Waals surface area contributed by atoms with E-state index in [1.54, 1.807) is 6.07 Å². The maximum atomic E-state index is 12.0. The van der Waals surface area contributed by atoms with Crippen LogP contribution in [-0.4, -0.2) is 39.5 Å². The Hall–Kier alpha value is -0.950. The van der Waals surface area contributed by atoms with E-state index in [2.05, 4.69) is 23.5 Å². The van der Waals surface area contributed by atoms with Crippen molar-refractivity contribution in [2.75, 3.05) is 20.1 Å². The molecule has 114 valence electrons. The van der Waals surface area contributed by atoms with E-state index in [0.29, 0.717) is 25.7 Å². The van der Waals surface area contributed by atoms with Gasteiger partial charge in [-0.05, 0) is 32.0 Å². The average molecular weight is 299 g/mol. The van der Waals surface area contributed by atoms with Crippen LogP contribution in [0.2, 0.25) is 0 Å². The van der Waals surface area contributed by atoms with Gasteiger partial charge in [-0.2, -0.15) is 0 Å². The molecule has 0 bridgehead atoms. The van der Waals surface area contributed by atoms with E-state index in [0.717, 1.165) is 11.1 Å². The number of nitrogens with zero attached hydrogens (tertiary/aromatic N) is 1. The van der Waals surface area contributed by atoms with Crippen molar-refractivity contribution in [3.8, 4) is 0 Å². The molecule has 0 spiro atoms. The number of benzene rings is 1. The average Bonchev–Trinajstić information content (AvgIpc) is 2.37. The van der Waals surface area contributed by atoms with Crippen LogP contribution in [0.4, 0.5) is 0 Å². The molecule has 6 heteroatoms. The second-order valence-electron chi connectivity index (χ2n) is 5.25. The minimum atomic E-state index is -3.30. The zero-order valence-electron chi connectivity index (χ0n) is 12.5. The van der Waals surface area contributed by atoms with E-state index in [-0.39, 0.29) is 5.75 Å². The summed E-state index contributed by atoms with van der Waals surface area (Å²) in [6.45, 7) is 5.69. The van der Waals surface area contributed by atoms with E-state index >= 15 is 0 Å². The summed E-state index contributed by atoms with van der Waals surface area (Å²) in [5.74, 6) is -0.00771. The molecule has 0 aromatic heterocycles. The van der Waals surface area contributed by atoms with Gasteiger partial charge in [-0.1, -0.05) is 24.3 Å². The van der Waals surface area contributed by atoms with Crippen LogP contribution in [0.5, 0.6) is 0 Å². The van der Waals surface area contributed by atoms with Crippen LogP contribution in [0.3, 0.4) is 0 Å². The molecule has 0 saturated carbocycles. The van der Waals surface area contributed by atoms with Crippen molar-refractivity contribution in [1.29, 1.82) is 0 Å². The molecule has 0 aliphatic carbocycles. The third kappa shape index (κ3) is 6.00. The topological polar surface area (TPSA) is 75.4 Å². The first-order valence-electron chi connectivity index (χ1n) is 6.79. The van der Waals surface area contributed by atoms with Gasteiger partial charge in [-0.15, -0.1) is 0 Å². The number of hydrogen-bond acceptors (Lipinski definition) is 4. The summed E-state index contributed by atoms with van der Waals surface area (Å²) >= 11 is 0. The highest BCUT2D eigenvalue weighted by Crippen LogP contribution is 2.08. The lowest BCUT2D eigenvalue weighted by Gasteiger charge is -2.20. The fourth-order valence-electron chi connectivity index (χ4n) is 1.75. The van der Waals surface area contributed by atoms with Crippen LogP contribution in [0.15, 0.2) is 24.3 Å². The molecule has 1 rings (SSSR count). The van der Waals surface area contributed by atoms with Crippen LogP contribution in [0, 0.1) is 0 Å². The number of sulfonamides is 1. The zero-order valence-corrected chi connectivity index (χ0v) is 13.3. The van der Waals surface area contributed by atoms with E-state index < -0.39 is 10.0 Å². The largest absolute Gasteiger partial charge is 0.326 e. The number of hydrogen-bond donors (Lipinski definition) is 2. The first kappa shape index (κ1) is 17.1. The maximum Gasteiger partial charge on any atom is 0.215 e. The Labute approximate surface area is 122 Å². The van der Waals surface area contributed by atoms with Gasteiger partial charge in [0, 0.05) is 25.7 Å². The quantitative estimate of drug-likeness (QED) is 0.748. The summed E-state index contributed by atoms with van der Waals surface area (Å²) in [6, 6.07) is 7.76. The highest BCUT2D eigenvalue weighted by molar-refractivity contribution is 7.88. The van der Waals surface area contributed by atoms with Crippen molar-refractivity contribution >= 4 is 10.0 Å². The normalized spacial score (nSPS) is 12.3. The van der Waals surface area contributed by atoms with E-state index in [1.807, 2.05) is 25.2 Å². The Morgan fingerprint density at radius 2 is 1.95 bits per heavy atom. The molecule has 0 unspecified atom stereocenters. The lowest BCUT2D eigenvalue weighted by Crippen LogP contribution is -2.36. The van der Waals surface area contributed by atoms with E-state index in [9.17, 15) is 8.42 Å². The summed E-state index contributed by atoms with van der Waals surface area (Å²) in [5.41, 5.74) is 7.26. The van der Waals surface area contributed by atoms with Gasteiger partial charge in [-0.3, -0.25) is 0 Å². The molecular formula is C14H25N3O2S. The Bertz CT molecular complexity index is 515. The fraction of sp³-hybridized carbons (Fsp3) is 0.571. The van der Waals surface area contributed by atoms with Crippen LogP contribution in [-0.2, 0) is 22.3 Å². The van der Waals surface area contributed by atoms with Gasteiger partial charge >= 0.3 is 0 Å². The highest BCUT2D eigenvalue weighted by Gasteiger charge is 2.12. The minimum Gasteiger partial charge on any atom is -0.326 e. The molecule has 1 aromatic carbocycles. The van der Waals surface area contributed by atoms with E-state index in [4.69, 9.17) is 5.73 Å². The Balaban J connectivity index is 2.52. The standard InChI is InChI=1S/C14H25N3O2S/c1-12(2)17(3)8-7-16-20(18,19)11-14-6-4-5-13(9-14)10-15/h4-6,9,12,16H,7-8,10-11,15H2,1-3H3. The molecule has 0 aliphatic heterocycles. The van der Waals surface area contributed by atoms with Crippen LogP contribution in [0.1, 0.15) is 25.0 Å². The number of nitrogens with one attached hydrogen (secondary N) is 1. The zero-order chi connectivity index (χ0) is 15.2. The molecule has 1 aromatic rings. The molecule has 0 amide bonds. The first-order valence-corrected chi connectivity index (χ1v) is 8.45. The summed E-state index contributed by atoms with van der Waals surface area (Å²) in [4.78, 5) is 2.09. The van der Waals surface area contributed by atoms with Crippen molar-refractivity contribution in [2.24, 2.45) is 5.73 Å². The third-order valence-corrected chi connectivity index (χ3v) is 4.61. The maximum absolute atomic E-state index is 12.0. The van der Waals surface area contributed by atoms with Crippen LogP contribution < -0.4 is 10.5 Å². The Kier molecular flexibility index (Phi) is 6.61. The third-order valence-electron chi connectivity index (χ3n) is 3.25. The van der Waals surface area contributed by atoms with Gasteiger partial charge < -0.3 is 10.6 Å². The van der Waals surface area contributed by atoms with Gasteiger partial charge in [-0.25, -0.2) is 13.1 Å². The highest BCUT2D eigenvalue weighted by atomic mass is 32.2. The summed E-state index contributed by atoms with van der Waals surface area (Å²) in [6.07, 6.45) is 0. The molecular weight excluding hydrogens is 274 g/mol. The molecule has 0 fully saturated rings. The Morgan fingerprint density at radius 3 is 2.55 bits per heavy atom. The molecule has 0 aliphatic rings. The first-order chi connectivity index (χ1) is 9.34. The molecule has 5 nitrogen and oxygen atoms in total. The van der Waals surface area contributed by atoms with Crippen LogP contribution >= 0.6 is 0 Å². The van der Waals surface area contributed by atoms with Gasteiger partial charge in [0.15, 0.2) is 0 Å². The number of rotatable bonds is 8. The van der Waals surface area contributed by atoms with Crippen molar-refractivity contribution in [3.05, 3.63) is 35.4 Å².